The number of likely N-dealkylation sites (tertiary alicyclic amines) is 1. The van der Waals surface area contributed by atoms with E-state index in [9.17, 15) is 4.79 Å². The third kappa shape index (κ3) is 4.69. The Morgan fingerprint density at radius 3 is 2.52 bits per heavy atom. The van der Waals surface area contributed by atoms with E-state index in [0.29, 0.717) is 6.04 Å². The van der Waals surface area contributed by atoms with Gasteiger partial charge in [-0.15, -0.1) is 0 Å². The maximum Gasteiger partial charge on any atom is 0.242 e. The second-order valence-corrected chi connectivity index (χ2v) is 12.5. The van der Waals surface area contributed by atoms with Gasteiger partial charge in [0.1, 0.15) is 23.0 Å². The van der Waals surface area contributed by atoms with Gasteiger partial charge in [0.05, 0.1) is 12.1 Å². The minimum absolute atomic E-state index is 0.0683. The van der Waals surface area contributed by atoms with Gasteiger partial charge in [-0.2, -0.15) is 0 Å². The molecule has 2 saturated heterocycles. The number of carbonyl (C=O) groups is 1. The van der Waals surface area contributed by atoms with Crippen LogP contribution in [0.5, 0.6) is 0 Å². The van der Waals surface area contributed by atoms with Crippen LogP contribution in [-0.2, 0) is 4.79 Å². The predicted molar refractivity (Wildman–Crippen MR) is 167 cm³/mol. The number of piperazine rings is 1. The van der Waals surface area contributed by atoms with E-state index in [1.54, 1.807) is 0 Å². The fourth-order valence-corrected chi connectivity index (χ4v) is 7.84. The van der Waals surface area contributed by atoms with Crippen molar-refractivity contribution in [1.29, 1.82) is 0 Å². The van der Waals surface area contributed by atoms with Crippen molar-refractivity contribution < 1.29 is 9.21 Å². The second-order valence-electron chi connectivity index (χ2n) is 12.5. The number of aliphatic imine (C=N–C) groups is 1. The van der Waals surface area contributed by atoms with Crippen LogP contribution in [0.25, 0.3) is 21.9 Å². The molecule has 1 aromatic heterocycles. The van der Waals surface area contributed by atoms with Crippen molar-refractivity contribution in [3.63, 3.8) is 0 Å². The normalized spacial score (nSPS) is 28.0. The highest BCUT2D eigenvalue weighted by Crippen LogP contribution is 2.37. The number of amidine groups is 1. The molecule has 42 heavy (non-hydrogen) atoms. The summed E-state index contributed by atoms with van der Waals surface area (Å²) in [5, 5.41) is 9.40. The number of fused-ring (bicyclic) bond motifs is 5. The molecule has 4 aromatic rings. The molecule has 0 radical (unpaired) electrons. The van der Waals surface area contributed by atoms with Gasteiger partial charge in [0, 0.05) is 35.0 Å². The molecule has 4 aliphatic rings. The lowest BCUT2D eigenvalue weighted by molar-refractivity contribution is -0.127. The fourth-order valence-electron chi connectivity index (χ4n) is 7.84. The number of amides is 1. The van der Waals surface area contributed by atoms with Gasteiger partial charge in [-0.3, -0.25) is 15.1 Å². The Labute approximate surface area is 247 Å². The number of nitrogens with zero attached hydrogens (tertiary/aromatic N) is 3. The molecule has 216 valence electrons. The van der Waals surface area contributed by atoms with E-state index in [1.165, 1.54) is 32.4 Å². The summed E-state index contributed by atoms with van der Waals surface area (Å²) in [5.41, 5.74) is 4.02. The molecular weight excluding hydrogens is 522 g/mol. The Morgan fingerprint density at radius 1 is 0.833 bits per heavy atom. The smallest absolute Gasteiger partial charge is 0.242 e. The first-order chi connectivity index (χ1) is 20.7. The largest absolute Gasteiger partial charge is 0.456 e. The quantitative estimate of drug-likeness (QED) is 0.336. The molecule has 0 spiro atoms. The Morgan fingerprint density at radius 2 is 1.64 bits per heavy atom. The lowest BCUT2D eigenvalue weighted by atomic mass is 9.80. The topological polar surface area (TPSA) is 73.1 Å². The van der Waals surface area contributed by atoms with Crippen molar-refractivity contribution in [2.45, 2.75) is 68.7 Å². The first-order valence-electron chi connectivity index (χ1n) is 15.8. The van der Waals surface area contributed by atoms with Gasteiger partial charge >= 0.3 is 0 Å². The average Bonchev–Trinajstić information content (AvgIpc) is 3.58. The molecule has 1 aliphatic carbocycles. The summed E-state index contributed by atoms with van der Waals surface area (Å²) in [4.78, 5) is 23.8. The summed E-state index contributed by atoms with van der Waals surface area (Å²) in [6.45, 7) is 4.59. The third-order valence-electron chi connectivity index (χ3n) is 9.94. The van der Waals surface area contributed by atoms with Gasteiger partial charge in [-0.05, 0) is 81.6 Å². The molecule has 3 fully saturated rings. The number of piperidine rings is 1. The number of para-hydroxylation sites is 1. The Hall–Kier alpha value is -3.68. The van der Waals surface area contributed by atoms with E-state index in [2.05, 4.69) is 50.8 Å². The van der Waals surface area contributed by atoms with Crippen molar-refractivity contribution >= 4 is 33.7 Å². The SMILES string of the molecule is O=C1NC2CC3N=C(c4ccc5oc6ccccc6c5c4)N(CCCN4CCCCC4)C3CC2NC1c1ccccc1. The number of benzene rings is 3. The summed E-state index contributed by atoms with van der Waals surface area (Å²) in [6.07, 6.45) is 6.96. The van der Waals surface area contributed by atoms with Crippen molar-refractivity contribution in [3.05, 3.63) is 83.9 Å². The van der Waals surface area contributed by atoms with E-state index in [1.807, 2.05) is 42.5 Å². The maximum absolute atomic E-state index is 13.2. The van der Waals surface area contributed by atoms with Crippen LogP contribution >= 0.6 is 0 Å². The van der Waals surface area contributed by atoms with Crippen molar-refractivity contribution in [2.75, 3.05) is 26.2 Å². The monoisotopic (exact) mass is 561 g/mol. The molecule has 5 atom stereocenters. The van der Waals surface area contributed by atoms with Crippen LogP contribution in [0.2, 0.25) is 0 Å². The molecule has 7 nitrogen and oxygen atoms in total. The minimum Gasteiger partial charge on any atom is -0.456 e. The first-order valence-corrected chi connectivity index (χ1v) is 15.8. The first kappa shape index (κ1) is 26.0. The molecule has 5 unspecified atom stereocenters. The molecule has 8 rings (SSSR count). The highest BCUT2D eigenvalue weighted by molar-refractivity contribution is 6.09. The van der Waals surface area contributed by atoms with Crippen molar-refractivity contribution in [1.82, 2.24) is 20.4 Å². The van der Waals surface area contributed by atoms with Crippen LogP contribution in [0.3, 0.4) is 0 Å². The van der Waals surface area contributed by atoms with E-state index < -0.39 is 0 Å². The molecule has 0 bridgehead atoms. The van der Waals surface area contributed by atoms with Crippen molar-refractivity contribution in [2.24, 2.45) is 4.99 Å². The Balaban J connectivity index is 1.09. The Kier molecular flexibility index (Phi) is 6.72. The van der Waals surface area contributed by atoms with Gasteiger partial charge in [-0.1, -0.05) is 55.0 Å². The van der Waals surface area contributed by atoms with Crippen LogP contribution in [-0.4, -0.2) is 71.9 Å². The minimum atomic E-state index is -0.310. The summed E-state index contributed by atoms with van der Waals surface area (Å²) in [5.74, 6) is 1.17. The number of hydrogen-bond acceptors (Lipinski definition) is 6. The van der Waals surface area contributed by atoms with Gasteiger partial charge in [0.15, 0.2) is 0 Å². The summed E-state index contributed by atoms with van der Waals surface area (Å²) in [7, 11) is 0. The van der Waals surface area contributed by atoms with E-state index in [0.717, 1.165) is 71.3 Å². The van der Waals surface area contributed by atoms with E-state index in [-0.39, 0.29) is 30.1 Å². The summed E-state index contributed by atoms with van der Waals surface area (Å²) in [6, 6.07) is 25.4. The van der Waals surface area contributed by atoms with E-state index in [4.69, 9.17) is 9.41 Å². The molecule has 7 heteroatoms. The molecule has 2 N–H and O–H groups in total. The number of carbonyl (C=O) groups excluding carboxylic acids is 1. The zero-order valence-electron chi connectivity index (χ0n) is 24.0. The number of nitrogens with one attached hydrogen (secondary N) is 2. The van der Waals surface area contributed by atoms with Crippen LogP contribution in [0.1, 0.15) is 55.7 Å². The third-order valence-corrected chi connectivity index (χ3v) is 9.94. The molecule has 3 aromatic carbocycles. The Bertz CT molecular complexity index is 1620. The van der Waals surface area contributed by atoms with Gasteiger partial charge < -0.3 is 19.5 Å². The molecule has 1 saturated carbocycles. The summed E-state index contributed by atoms with van der Waals surface area (Å²) >= 11 is 0. The van der Waals surface area contributed by atoms with Gasteiger partial charge in [-0.25, -0.2) is 0 Å². The van der Waals surface area contributed by atoms with Gasteiger partial charge in [0.2, 0.25) is 5.91 Å². The lowest BCUT2D eigenvalue weighted by Gasteiger charge is -2.46. The zero-order valence-corrected chi connectivity index (χ0v) is 24.0. The number of furan rings is 1. The molecule has 1 amide bonds. The highest BCUT2D eigenvalue weighted by atomic mass is 16.3. The van der Waals surface area contributed by atoms with Crippen LogP contribution < -0.4 is 10.6 Å². The number of rotatable bonds is 6. The second kappa shape index (κ2) is 10.9. The van der Waals surface area contributed by atoms with Crippen LogP contribution in [0.15, 0.2) is 82.2 Å². The van der Waals surface area contributed by atoms with Gasteiger partial charge in [0.25, 0.3) is 0 Å². The molecule has 4 heterocycles. The van der Waals surface area contributed by atoms with Crippen molar-refractivity contribution in [3.8, 4) is 0 Å². The fraction of sp³-hybridized carbons (Fsp3) is 0.429. The van der Waals surface area contributed by atoms with Crippen LogP contribution in [0.4, 0.5) is 0 Å². The average molecular weight is 562 g/mol. The number of hydrogen-bond donors (Lipinski definition) is 2. The summed E-state index contributed by atoms with van der Waals surface area (Å²) < 4.78 is 6.14. The highest BCUT2D eigenvalue weighted by Gasteiger charge is 2.48. The standard InChI is InChI=1S/C35H39N5O2/c41-35-33(23-10-3-1-4-11-23)36-28-22-30-29(21-27(28)38-35)37-34(40(30)19-9-18-39-16-7-2-8-17-39)24-14-15-32-26(20-24)25-12-5-6-13-31(25)42-32/h1,3-6,10-15,20,27-30,33,36H,2,7-9,16-19,21-22H2,(H,38,41). The molecular formula is C35H39N5O2. The van der Waals surface area contributed by atoms with E-state index >= 15 is 0 Å². The molecule has 3 aliphatic heterocycles. The lowest BCUT2D eigenvalue weighted by Crippen LogP contribution is -2.65. The predicted octanol–water partition coefficient (Wildman–Crippen LogP) is 5.25. The van der Waals surface area contributed by atoms with Crippen LogP contribution in [0, 0.1) is 0 Å². The zero-order chi connectivity index (χ0) is 28.0. The maximum atomic E-state index is 13.2.